The zero-order chi connectivity index (χ0) is 20.2. The number of benzene rings is 1. The van der Waals surface area contributed by atoms with Gasteiger partial charge in [0.05, 0.1) is 22.6 Å². The molecule has 1 aromatic heterocycles. The number of aryl methyl sites for hydroxylation is 1. The molecule has 0 spiro atoms. The molecule has 5 nitrogen and oxygen atoms in total. The molecule has 150 valence electrons. The molecule has 1 N–H and O–H groups in total. The molecule has 0 fully saturated rings. The Hall–Kier alpha value is -2.27. The van der Waals surface area contributed by atoms with Gasteiger partial charge in [-0.15, -0.1) is 0 Å². The van der Waals surface area contributed by atoms with Gasteiger partial charge in [0, 0.05) is 12.0 Å². The van der Waals surface area contributed by atoms with Crippen molar-refractivity contribution in [3.05, 3.63) is 39.3 Å². The van der Waals surface area contributed by atoms with Crippen molar-refractivity contribution >= 4 is 17.0 Å². The van der Waals surface area contributed by atoms with Crippen molar-refractivity contribution in [1.29, 1.82) is 0 Å². The highest BCUT2D eigenvalue weighted by Crippen LogP contribution is 2.52. The molecular formula is C23H28O5. The van der Waals surface area contributed by atoms with E-state index >= 15 is 0 Å². The van der Waals surface area contributed by atoms with Crippen LogP contribution in [0.5, 0.6) is 11.5 Å². The Morgan fingerprint density at radius 3 is 2.68 bits per heavy atom. The second-order valence-corrected chi connectivity index (χ2v) is 8.55. The lowest BCUT2D eigenvalue weighted by atomic mass is 9.85. The monoisotopic (exact) mass is 384 g/mol. The highest BCUT2D eigenvalue weighted by Gasteiger charge is 2.39. The lowest BCUT2D eigenvalue weighted by Gasteiger charge is -2.37. The summed E-state index contributed by atoms with van der Waals surface area (Å²) in [7, 11) is 0. The largest absolute Gasteiger partial charge is 0.489 e. The number of hydrogen-bond donors (Lipinski definition) is 1. The van der Waals surface area contributed by atoms with E-state index < -0.39 is 17.3 Å². The average Bonchev–Trinajstić information content (AvgIpc) is 2.62. The third-order valence-corrected chi connectivity index (χ3v) is 5.90. The van der Waals surface area contributed by atoms with E-state index in [1.54, 1.807) is 6.07 Å². The van der Waals surface area contributed by atoms with E-state index in [0.29, 0.717) is 22.6 Å². The molecule has 0 saturated carbocycles. The van der Waals surface area contributed by atoms with Gasteiger partial charge in [-0.2, -0.15) is 0 Å². The molecule has 3 heterocycles. The zero-order valence-electron chi connectivity index (χ0n) is 17.2. The van der Waals surface area contributed by atoms with E-state index in [0.717, 1.165) is 35.8 Å². The molecule has 2 aliphatic rings. The van der Waals surface area contributed by atoms with Gasteiger partial charge in [-0.3, -0.25) is 0 Å². The summed E-state index contributed by atoms with van der Waals surface area (Å²) in [4.78, 5) is 12.4. The van der Waals surface area contributed by atoms with Crippen molar-refractivity contribution in [1.82, 2.24) is 0 Å². The molecule has 3 atom stereocenters. The van der Waals surface area contributed by atoms with Gasteiger partial charge >= 0.3 is 5.63 Å². The molecule has 3 unspecified atom stereocenters. The van der Waals surface area contributed by atoms with Gasteiger partial charge in [0.25, 0.3) is 0 Å². The molecule has 0 amide bonds. The Morgan fingerprint density at radius 2 is 1.96 bits per heavy atom. The molecule has 0 aliphatic carbocycles. The predicted octanol–water partition coefficient (Wildman–Crippen LogP) is 4.77. The van der Waals surface area contributed by atoms with Crippen LogP contribution in [0.3, 0.4) is 0 Å². The molecule has 2 aliphatic heterocycles. The van der Waals surface area contributed by atoms with Gasteiger partial charge in [-0.1, -0.05) is 20.3 Å². The SMILES string of the molecule is CCCCc1cc(=O)oc2c3c(c4c(c12)OC(C)(C)C=C4)OC(C)C(C)C3O. The topological polar surface area (TPSA) is 68.9 Å². The molecule has 0 radical (unpaired) electrons. The maximum atomic E-state index is 12.4. The van der Waals surface area contributed by atoms with Crippen molar-refractivity contribution < 1.29 is 19.0 Å². The first-order valence-corrected chi connectivity index (χ1v) is 10.1. The van der Waals surface area contributed by atoms with Crippen LogP contribution in [0.25, 0.3) is 17.0 Å². The first-order valence-electron chi connectivity index (χ1n) is 10.1. The van der Waals surface area contributed by atoms with Gasteiger partial charge in [-0.05, 0) is 51.3 Å². The highest BCUT2D eigenvalue weighted by atomic mass is 16.5. The van der Waals surface area contributed by atoms with E-state index in [1.165, 1.54) is 0 Å². The van der Waals surface area contributed by atoms with Crippen LogP contribution in [-0.2, 0) is 6.42 Å². The van der Waals surface area contributed by atoms with Crippen molar-refractivity contribution in [2.75, 3.05) is 0 Å². The summed E-state index contributed by atoms with van der Waals surface area (Å²) in [5.41, 5.74) is 1.76. The van der Waals surface area contributed by atoms with E-state index in [4.69, 9.17) is 13.9 Å². The minimum absolute atomic E-state index is 0.122. The number of ether oxygens (including phenoxy) is 2. The first-order chi connectivity index (χ1) is 13.2. The van der Waals surface area contributed by atoms with Gasteiger partial charge < -0.3 is 19.0 Å². The standard InChI is InChI=1S/C23H28O5/c1-6-7-8-14-11-16(24)27-22-17(14)21-15(9-10-23(4,5)28-21)20-18(22)19(25)12(2)13(3)26-20/h9-13,19,25H,6-8H2,1-5H3. The summed E-state index contributed by atoms with van der Waals surface area (Å²) in [5.74, 6) is 1.11. The Balaban J connectivity index is 2.12. The third-order valence-electron chi connectivity index (χ3n) is 5.90. The molecule has 4 rings (SSSR count). The lowest BCUT2D eigenvalue weighted by Crippen LogP contribution is -2.34. The van der Waals surface area contributed by atoms with Crippen LogP contribution in [0.15, 0.2) is 21.4 Å². The van der Waals surface area contributed by atoms with Crippen LogP contribution in [0.2, 0.25) is 0 Å². The molecule has 0 saturated heterocycles. The fourth-order valence-electron chi connectivity index (χ4n) is 4.08. The average molecular weight is 384 g/mol. The molecule has 5 heteroatoms. The van der Waals surface area contributed by atoms with Crippen LogP contribution < -0.4 is 15.1 Å². The predicted molar refractivity (Wildman–Crippen MR) is 109 cm³/mol. The van der Waals surface area contributed by atoms with E-state index in [2.05, 4.69) is 6.92 Å². The minimum Gasteiger partial charge on any atom is -0.489 e. The number of hydrogen-bond acceptors (Lipinski definition) is 5. The summed E-state index contributed by atoms with van der Waals surface area (Å²) < 4.78 is 18.2. The van der Waals surface area contributed by atoms with E-state index in [1.807, 2.05) is 39.8 Å². The fourth-order valence-corrected chi connectivity index (χ4v) is 4.08. The van der Waals surface area contributed by atoms with Gasteiger partial charge in [0.1, 0.15) is 23.2 Å². The van der Waals surface area contributed by atoms with E-state index in [-0.39, 0.29) is 12.0 Å². The highest BCUT2D eigenvalue weighted by molar-refractivity contribution is 5.97. The summed E-state index contributed by atoms with van der Waals surface area (Å²) >= 11 is 0. The van der Waals surface area contributed by atoms with Gasteiger partial charge in [0.15, 0.2) is 5.58 Å². The number of aliphatic hydroxyl groups is 1. The quantitative estimate of drug-likeness (QED) is 0.772. The van der Waals surface area contributed by atoms with Gasteiger partial charge in [0.2, 0.25) is 0 Å². The van der Waals surface area contributed by atoms with Crippen LogP contribution in [0.4, 0.5) is 0 Å². The van der Waals surface area contributed by atoms with Gasteiger partial charge in [-0.25, -0.2) is 4.79 Å². The number of aliphatic hydroxyl groups excluding tert-OH is 1. The molecule has 2 aromatic rings. The molecule has 1 aromatic carbocycles. The zero-order valence-corrected chi connectivity index (χ0v) is 17.2. The lowest BCUT2D eigenvalue weighted by molar-refractivity contribution is 0.0173. The third kappa shape index (κ3) is 2.93. The Labute approximate surface area is 165 Å². The Kier molecular flexibility index (Phi) is 4.53. The van der Waals surface area contributed by atoms with Crippen molar-refractivity contribution in [2.45, 2.75) is 71.7 Å². The maximum absolute atomic E-state index is 12.4. The Bertz CT molecular complexity index is 1010. The van der Waals surface area contributed by atoms with Crippen molar-refractivity contribution in [2.24, 2.45) is 5.92 Å². The normalized spacial score (nSPS) is 25.0. The van der Waals surface area contributed by atoms with Crippen molar-refractivity contribution in [3.63, 3.8) is 0 Å². The van der Waals surface area contributed by atoms with Crippen LogP contribution in [0.1, 0.15) is 70.3 Å². The van der Waals surface area contributed by atoms with E-state index in [9.17, 15) is 9.90 Å². The minimum atomic E-state index is -0.778. The molecule has 0 bridgehead atoms. The number of fused-ring (bicyclic) bond motifs is 6. The summed E-state index contributed by atoms with van der Waals surface area (Å²) in [6.45, 7) is 9.98. The summed E-state index contributed by atoms with van der Waals surface area (Å²) in [6.07, 6.45) is 5.77. The second-order valence-electron chi connectivity index (χ2n) is 8.55. The fraction of sp³-hybridized carbons (Fsp3) is 0.522. The van der Waals surface area contributed by atoms with Crippen LogP contribution in [-0.4, -0.2) is 16.8 Å². The number of unbranched alkanes of at least 4 members (excludes halogenated alkanes) is 1. The second kappa shape index (κ2) is 6.66. The summed E-state index contributed by atoms with van der Waals surface area (Å²) in [5, 5.41) is 11.8. The number of rotatable bonds is 3. The Morgan fingerprint density at radius 1 is 1.21 bits per heavy atom. The molecule has 28 heavy (non-hydrogen) atoms. The maximum Gasteiger partial charge on any atom is 0.336 e. The van der Waals surface area contributed by atoms with Crippen LogP contribution >= 0.6 is 0 Å². The molecular weight excluding hydrogens is 356 g/mol. The summed E-state index contributed by atoms with van der Waals surface area (Å²) in [6, 6.07) is 1.56. The van der Waals surface area contributed by atoms with Crippen molar-refractivity contribution in [3.8, 4) is 11.5 Å². The first kappa shape index (κ1) is 19.1. The van der Waals surface area contributed by atoms with Crippen LogP contribution in [0, 0.1) is 5.92 Å². The smallest absolute Gasteiger partial charge is 0.336 e.